The van der Waals surface area contributed by atoms with Crippen LogP contribution in [0.2, 0.25) is 0 Å². The Morgan fingerprint density at radius 3 is 2.87 bits per heavy atom. The minimum absolute atomic E-state index is 0.0335. The zero-order valence-corrected chi connectivity index (χ0v) is 9.00. The molecule has 0 aliphatic carbocycles. The number of para-hydroxylation sites is 1. The van der Waals surface area contributed by atoms with Crippen molar-refractivity contribution in [3.05, 3.63) is 29.3 Å². The van der Waals surface area contributed by atoms with Gasteiger partial charge in [0.15, 0.2) is 0 Å². The molecule has 2 rings (SSSR count). The second kappa shape index (κ2) is 3.35. The molecule has 0 saturated carbocycles. The molecule has 3 nitrogen and oxygen atoms in total. The highest BCUT2D eigenvalue weighted by molar-refractivity contribution is 6.00. The van der Waals surface area contributed by atoms with E-state index in [2.05, 4.69) is 5.32 Å². The molecule has 1 aromatic rings. The number of aliphatic hydroxyl groups is 1. The molecular formula is C12H15NO2. The first-order chi connectivity index (χ1) is 7.04. The lowest BCUT2D eigenvalue weighted by atomic mass is 9.83. The Bertz CT molecular complexity index is 410. The van der Waals surface area contributed by atoms with Crippen molar-refractivity contribution in [2.45, 2.75) is 25.7 Å². The number of hydrogen-bond donors (Lipinski definition) is 2. The zero-order chi connectivity index (χ0) is 11.1. The summed E-state index contributed by atoms with van der Waals surface area (Å²) in [5, 5.41) is 12.2. The molecule has 0 fully saturated rings. The lowest BCUT2D eigenvalue weighted by Gasteiger charge is -2.24. The molecule has 0 atom stereocenters. The maximum atomic E-state index is 11.3. The number of rotatable bonds is 2. The molecule has 0 spiro atoms. The van der Waals surface area contributed by atoms with Crippen LogP contribution in [0.25, 0.3) is 0 Å². The number of nitrogens with one attached hydrogen (secondary N) is 1. The van der Waals surface area contributed by atoms with Gasteiger partial charge in [0.2, 0.25) is 5.91 Å². The third-order valence-corrected chi connectivity index (χ3v) is 2.89. The number of hydrogen-bond acceptors (Lipinski definition) is 2. The number of fused-ring (bicyclic) bond motifs is 1. The van der Waals surface area contributed by atoms with Gasteiger partial charge in [-0.15, -0.1) is 0 Å². The van der Waals surface area contributed by atoms with Gasteiger partial charge in [0, 0.05) is 11.1 Å². The first-order valence-corrected chi connectivity index (χ1v) is 5.08. The predicted octanol–water partition coefficient (Wildman–Crippen LogP) is 1.45. The molecule has 80 valence electrons. The fraction of sp³-hybridized carbons (Fsp3) is 0.417. The summed E-state index contributed by atoms with van der Waals surface area (Å²) in [6, 6.07) is 5.84. The van der Waals surface area contributed by atoms with Gasteiger partial charge in [0.05, 0.1) is 13.0 Å². The average molecular weight is 205 g/mol. The van der Waals surface area contributed by atoms with Crippen molar-refractivity contribution in [1.82, 2.24) is 0 Å². The minimum Gasteiger partial charge on any atom is -0.395 e. The Morgan fingerprint density at radius 1 is 1.47 bits per heavy atom. The largest absolute Gasteiger partial charge is 0.395 e. The Kier molecular flexibility index (Phi) is 2.27. The topological polar surface area (TPSA) is 49.3 Å². The van der Waals surface area contributed by atoms with E-state index < -0.39 is 0 Å². The molecule has 1 aliphatic heterocycles. The van der Waals surface area contributed by atoms with E-state index in [4.69, 9.17) is 0 Å². The van der Waals surface area contributed by atoms with Gasteiger partial charge in [-0.05, 0) is 11.1 Å². The first-order valence-electron chi connectivity index (χ1n) is 5.08. The molecule has 0 unspecified atom stereocenters. The van der Waals surface area contributed by atoms with Crippen molar-refractivity contribution < 1.29 is 9.90 Å². The Hall–Kier alpha value is -1.35. The second-order valence-electron chi connectivity index (χ2n) is 4.61. The van der Waals surface area contributed by atoms with Crippen LogP contribution in [0.15, 0.2) is 18.2 Å². The van der Waals surface area contributed by atoms with Gasteiger partial charge in [-0.3, -0.25) is 4.79 Å². The van der Waals surface area contributed by atoms with Gasteiger partial charge in [-0.2, -0.15) is 0 Å². The summed E-state index contributed by atoms with van der Waals surface area (Å²) < 4.78 is 0. The number of carbonyl (C=O) groups is 1. The van der Waals surface area contributed by atoms with Crippen molar-refractivity contribution >= 4 is 11.6 Å². The number of benzene rings is 1. The Morgan fingerprint density at radius 2 is 2.20 bits per heavy atom. The quantitative estimate of drug-likeness (QED) is 0.767. The summed E-state index contributed by atoms with van der Waals surface area (Å²) in [4.78, 5) is 11.3. The fourth-order valence-corrected chi connectivity index (χ4v) is 1.90. The number of carbonyl (C=O) groups excluding carboxylic acids is 1. The summed E-state index contributed by atoms with van der Waals surface area (Å²) in [7, 11) is 0. The van der Waals surface area contributed by atoms with Crippen LogP contribution >= 0.6 is 0 Å². The van der Waals surface area contributed by atoms with Crippen LogP contribution in [-0.4, -0.2) is 17.6 Å². The van der Waals surface area contributed by atoms with E-state index in [1.54, 1.807) is 0 Å². The number of anilines is 1. The maximum absolute atomic E-state index is 11.3. The van der Waals surface area contributed by atoms with Crippen molar-refractivity contribution in [3.8, 4) is 0 Å². The highest BCUT2D eigenvalue weighted by Gasteiger charge is 2.28. The highest BCUT2D eigenvalue weighted by Crippen LogP contribution is 2.35. The zero-order valence-electron chi connectivity index (χ0n) is 9.00. The summed E-state index contributed by atoms with van der Waals surface area (Å²) in [6.45, 7) is 4.00. The summed E-state index contributed by atoms with van der Waals surface area (Å²) >= 11 is 0. The highest BCUT2D eigenvalue weighted by atomic mass is 16.3. The van der Waals surface area contributed by atoms with Crippen LogP contribution in [0.4, 0.5) is 5.69 Å². The van der Waals surface area contributed by atoms with E-state index in [9.17, 15) is 9.90 Å². The third kappa shape index (κ3) is 1.63. The van der Waals surface area contributed by atoms with Gasteiger partial charge in [0.1, 0.15) is 0 Å². The van der Waals surface area contributed by atoms with E-state index >= 15 is 0 Å². The molecule has 0 aromatic heterocycles. The first kappa shape index (κ1) is 10.2. The number of amides is 1. The molecule has 0 bridgehead atoms. The predicted molar refractivity (Wildman–Crippen MR) is 58.9 cm³/mol. The van der Waals surface area contributed by atoms with Gasteiger partial charge in [-0.25, -0.2) is 0 Å². The molecule has 3 heteroatoms. The maximum Gasteiger partial charge on any atom is 0.228 e. The van der Waals surface area contributed by atoms with Crippen molar-refractivity contribution in [2.75, 3.05) is 11.9 Å². The van der Waals surface area contributed by atoms with E-state index in [0.29, 0.717) is 6.42 Å². The molecule has 2 N–H and O–H groups in total. The fourth-order valence-electron chi connectivity index (χ4n) is 1.90. The van der Waals surface area contributed by atoms with Gasteiger partial charge < -0.3 is 10.4 Å². The molecule has 1 aromatic carbocycles. The van der Waals surface area contributed by atoms with Gasteiger partial charge in [0.25, 0.3) is 0 Å². The monoisotopic (exact) mass is 205 g/mol. The van der Waals surface area contributed by atoms with Gasteiger partial charge >= 0.3 is 0 Å². The standard InChI is InChI=1S/C12H15NO2/c1-12(2,7-14)9-5-3-4-8-6-10(15)13-11(8)9/h3-5,14H,6-7H2,1-2H3,(H,13,15). The van der Waals surface area contributed by atoms with E-state index in [0.717, 1.165) is 16.8 Å². The van der Waals surface area contributed by atoms with Crippen LogP contribution < -0.4 is 5.32 Å². The van der Waals surface area contributed by atoms with Gasteiger partial charge in [-0.1, -0.05) is 32.0 Å². The lowest BCUT2D eigenvalue weighted by Crippen LogP contribution is -2.23. The van der Waals surface area contributed by atoms with Crippen LogP contribution in [0.1, 0.15) is 25.0 Å². The Balaban J connectivity index is 2.52. The SMILES string of the molecule is CC(C)(CO)c1cccc2c1NC(=O)C2. The summed E-state index contributed by atoms with van der Waals surface area (Å²) in [5.41, 5.74) is 2.61. The van der Waals surface area contributed by atoms with E-state index in [1.807, 2.05) is 32.0 Å². The van der Waals surface area contributed by atoms with Crippen LogP contribution in [-0.2, 0) is 16.6 Å². The molecule has 0 saturated heterocycles. The van der Waals surface area contributed by atoms with Crippen LogP contribution in [0, 0.1) is 0 Å². The van der Waals surface area contributed by atoms with Crippen LogP contribution in [0.3, 0.4) is 0 Å². The normalized spacial score (nSPS) is 15.0. The average Bonchev–Trinajstić information content (AvgIpc) is 2.57. The molecular weight excluding hydrogens is 190 g/mol. The third-order valence-electron chi connectivity index (χ3n) is 2.89. The van der Waals surface area contributed by atoms with E-state index in [-0.39, 0.29) is 17.9 Å². The molecule has 1 amide bonds. The van der Waals surface area contributed by atoms with Crippen molar-refractivity contribution in [1.29, 1.82) is 0 Å². The minimum atomic E-state index is -0.317. The second-order valence-corrected chi connectivity index (χ2v) is 4.61. The molecule has 0 radical (unpaired) electrons. The molecule has 1 aliphatic rings. The summed E-state index contributed by atoms with van der Waals surface area (Å²) in [5.74, 6) is 0.0335. The Labute approximate surface area is 89.1 Å². The summed E-state index contributed by atoms with van der Waals surface area (Å²) in [6.07, 6.45) is 0.449. The molecule has 1 heterocycles. The lowest BCUT2D eigenvalue weighted by molar-refractivity contribution is -0.115. The number of aliphatic hydroxyl groups excluding tert-OH is 1. The van der Waals surface area contributed by atoms with Crippen molar-refractivity contribution in [3.63, 3.8) is 0 Å². The van der Waals surface area contributed by atoms with E-state index in [1.165, 1.54) is 0 Å². The van der Waals surface area contributed by atoms with Crippen molar-refractivity contribution in [2.24, 2.45) is 0 Å². The molecule has 15 heavy (non-hydrogen) atoms. The smallest absolute Gasteiger partial charge is 0.228 e. The van der Waals surface area contributed by atoms with Crippen LogP contribution in [0.5, 0.6) is 0 Å².